The number of piperidine rings is 1. The van der Waals surface area contributed by atoms with Crippen molar-refractivity contribution in [1.82, 2.24) is 20.0 Å². The van der Waals surface area contributed by atoms with Crippen molar-refractivity contribution in [2.45, 2.75) is 12.8 Å². The number of ether oxygens (including phenoxy) is 1. The number of halogens is 1. The summed E-state index contributed by atoms with van der Waals surface area (Å²) < 4.78 is 5.31. The molecule has 0 bridgehead atoms. The Hall–Kier alpha value is -2.56. The number of hydrogen-bond donors (Lipinski definition) is 1. The summed E-state index contributed by atoms with van der Waals surface area (Å²) in [5.74, 6) is -0.925. The zero-order valence-electron chi connectivity index (χ0n) is 16.8. The fraction of sp³-hybridized carbons (Fsp3) is 0.450. The molecule has 2 aliphatic rings. The van der Waals surface area contributed by atoms with E-state index in [0.29, 0.717) is 50.1 Å². The number of likely N-dealkylation sites (tertiary alicyclic amines) is 1. The number of carbonyl (C=O) groups is 3. The predicted molar refractivity (Wildman–Crippen MR) is 115 cm³/mol. The molecule has 2 fully saturated rings. The first kappa shape index (κ1) is 21.7. The maximum absolute atomic E-state index is 12.9. The maximum Gasteiger partial charge on any atom is 0.286 e. The predicted octanol–water partition coefficient (Wildman–Crippen LogP) is 2.15. The van der Waals surface area contributed by atoms with E-state index in [1.165, 1.54) is 0 Å². The number of hydrogen-bond acceptors (Lipinski definition) is 7. The molecule has 0 radical (unpaired) electrons. The molecule has 11 heteroatoms. The lowest BCUT2D eigenvalue weighted by Crippen LogP contribution is -2.49. The minimum Gasteiger partial charge on any atom is -0.378 e. The Morgan fingerprint density at radius 1 is 1.10 bits per heavy atom. The van der Waals surface area contributed by atoms with E-state index in [1.54, 1.807) is 29.2 Å². The minimum atomic E-state index is -0.460. The van der Waals surface area contributed by atoms with Crippen LogP contribution in [0.1, 0.15) is 32.4 Å². The zero-order valence-corrected chi connectivity index (χ0v) is 18.3. The van der Waals surface area contributed by atoms with Crippen LogP contribution < -0.4 is 5.32 Å². The second-order valence-electron chi connectivity index (χ2n) is 7.40. The molecule has 4 rings (SSSR count). The van der Waals surface area contributed by atoms with E-state index in [9.17, 15) is 14.4 Å². The van der Waals surface area contributed by atoms with Gasteiger partial charge in [0, 0.05) is 36.9 Å². The molecule has 9 nitrogen and oxygen atoms in total. The first-order valence-electron chi connectivity index (χ1n) is 10.1. The van der Waals surface area contributed by atoms with Crippen molar-refractivity contribution >= 4 is 46.3 Å². The monoisotopic (exact) mass is 463 g/mol. The van der Waals surface area contributed by atoms with Crippen LogP contribution in [0.15, 0.2) is 24.3 Å². The molecule has 2 aromatic rings. The van der Waals surface area contributed by atoms with Gasteiger partial charge in [-0.25, -0.2) is 0 Å². The van der Waals surface area contributed by atoms with E-state index in [0.717, 1.165) is 24.2 Å². The van der Waals surface area contributed by atoms with Crippen molar-refractivity contribution in [2.24, 2.45) is 5.92 Å². The zero-order chi connectivity index (χ0) is 21.8. The third-order valence-corrected chi connectivity index (χ3v) is 6.41. The van der Waals surface area contributed by atoms with Crippen LogP contribution in [0.4, 0.5) is 5.69 Å². The van der Waals surface area contributed by atoms with Gasteiger partial charge in [0.25, 0.3) is 11.8 Å². The summed E-state index contributed by atoms with van der Waals surface area (Å²) >= 11 is 6.86. The highest BCUT2D eigenvalue weighted by atomic mass is 35.5. The van der Waals surface area contributed by atoms with Crippen molar-refractivity contribution in [3.63, 3.8) is 0 Å². The third kappa shape index (κ3) is 5.20. The minimum absolute atomic E-state index is 0.0691. The van der Waals surface area contributed by atoms with Crippen LogP contribution in [0.5, 0.6) is 0 Å². The molecule has 1 aromatic carbocycles. The van der Waals surface area contributed by atoms with Crippen LogP contribution in [0.2, 0.25) is 5.02 Å². The molecule has 2 saturated heterocycles. The van der Waals surface area contributed by atoms with Gasteiger partial charge in [-0.05, 0) is 31.0 Å². The van der Waals surface area contributed by atoms with Crippen LogP contribution in [0, 0.1) is 5.92 Å². The first-order chi connectivity index (χ1) is 15.0. The molecule has 31 heavy (non-hydrogen) atoms. The average Bonchev–Trinajstić information content (AvgIpc) is 3.29. The average molecular weight is 464 g/mol. The molecule has 1 atom stereocenters. The summed E-state index contributed by atoms with van der Waals surface area (Å²) in [6.07, 6.45) is 1.50. The van der Waals surface area contributed by atoms with Gasteiger partial charge in [-0.3, -0.25) is 14.4 Å². The van der Waals surface area contributed by atoms with Crippen molar-refractivity contribution in [3.8, 4) is 0 Å². The van der Waals surface area contributed by atoms with Gasteiger partial charge in [0.05, 0.1) is 19.1 Å². The van der Waals surface area contributed by atoms with Crippen LogP contribution in [0.25, 0.3) is 0 Å². The number of aromatic nitrogens is 2. The van der Waals surface area contributed by atoms with E-state index in [2.05, 4.69) is 15.5 Å². The second kappa shape index (κ2) is 9.71. The number of morpholine rings is 1. The SMILES string of the molecule is O=C(Nc1cccc(Cl)c1)c1nnc(C(=O)N2CCC[C@H](C(=O)N3CCOCC3)C2)s1. The van der Waals surface area contributed by atoms with Crippen LogP contribution in [0.3, 0.4) is 0 Å². The Morgan fingerprint density at radius 3 is 2.65 bits per heavy atom. The first-order valence-corrected chi connectivity index (χ1v) is 11.3. The summed E-state index contributed by atoms with van der Waals surface area (Å²) in [4.78, 5) is 41.6. The van der Waals surface area contributed by atoms with Gasteiger partial charge in [0.15, 0.2) is 0 Å². The fourth-order valence-corrected chi connectivity index (χ4v) is 4.59. The van der Waals surface area contributed by atoms with Crippen molar-refractivity contribution < 1.29 is 19.1 Å². The lowest BCUT2D eigenvalue weighted by Gasteiger charge is -2.35. The van der Waals surface area contributed by atoms with Crippen molar-refractivity contribution in [3.05, 3.63) is 39.3 Å². The number of benzene rings is 1. The van der Waals surface area contributed by atoms with Gasteiger partial charge in [-0.1, -0.05) is 29.0 Å². The molecule has 1 N–H and O–H groups in total. The third-order valence-electron chi connectivity index (χ3n) is 5.27. The summed E-state index contributed by atoms with van der Waals surface area (Å²) in [6.45, 7) is 3.17. The molecular formula is C20H22ClN5O4S. The largest absolute Gasteiger partial charge is 0.378 e. The standard InChI is InChI=1S/C20H22ClN5O4S/c21-14-4-1-5-15(11-14)22-16(27)17-23-24-18(31-17)20(29)26-6-2-3-13(12-26)19(28)25-7-9-30-10-8-25/h1,4-5,11,13H,2-3,6-10,12H2,(H,22,27)/t13-/m0/s1. The number of carbonyl (C=O) groups excluding carboxylic acids is 3. The van der Waals surface area contributed by atoms with Gasteiger partial charge in [0.1, 0.15) is 0 Å². The molecule has 0 spiro atoms. The molecule has 1 aromatic heterocycles. The smallest absolute Gasteiger partial charge is 0.286 e. The quantitative estimate of drug-likeness (QED) is 0.745. The highest BCUT2D eigenvalue weighted by molar-refractivity contribution is 7.15. The highest BCUT2D eigenvalue weighted by Gasteiger charge is 2.33. The highest BCUT2D eigenvalue weighted by Crippen LogP contribution is 2.23. The number of nitrogens with one attached hydrogen (secondary N) is 1. The summed E-state index contributed by atoms with van der Waals surface area (Å²) in [7, 11) is 0. The van der Waals surface area contributed by atoms with E-state index in [-0.39, 0.29) is 27.7 Å². The topological polar surface area (TPSA) is 105 Å². The number of rotatable bonds is 4. The molecule has 2 aliphatic heterocycles. The van der Waals surface area contributed by atoms with Crippen LogP contribution in [-0.2, 0) is 9.53 Å². The van der Waals surface area contributed by atoms with Gasteiger partial charge < -0.3 is 19.9 Å². The summed E-state index contributed by atoms with van der Waals surface area (Å²) in [6, 6.07) is 6.74. The van der Waals surface area contributed by atoms with Gasteiger partial charge >= 0.3 is 0 Å². The normalized spacial score (nSPS) is 19.2. The Kier molecular flexibility index (Phi) is 6.79. The molecular weight excluding hydrogens is 442 g/mol. The van der Waals surface area contributed by atoms with E-state index >= 15 is 0 Å². The Morgan fingerprint density at radius 2 is 1.87 bits per heavy atom. The molecule has 3 amide bonds. The number of amides is 3. The van der Waals surface area contributed by atoms with E-state index in [4.69, 9.17) is 16.3 Å². The molecule has 3 heterocycles. The maximum atomic E-state index is 12.9. The van der Waals surface area contributed by atoms with Crippen molar-refractivity contribution in [2.75, 3.05) is 44.7 Å². The lowest BCUT2D eigenvalue weighted by atomic mass is 9.96. The van der Waals surface area contributed by atoms with Crippen molar-refractivity contribution in [1.29, 1.82) is 0 Å². The molecule has 164 valence electrons. The fourth-order valence-electron chi connectivity index (χ4n) is 3.69. The van der Waals surface area contributed by atoms with Gasteiger partial charge in [-0.15, -0.1) is 10.2 Å². The molecule has 0 saturated carbocycles. The Labute approximate surface area is 188 Å². The summed E-state index contributed by atoms with van der Waals surface area (Å²) in [5.41, 5.74) is 0.529. The van der Waals surface area contributed by atoms with Crippen LogP contribution in [-0.4, -0.2) is 77.1 Å². The number of nitrogens with zero attached hydrogens (tertiary/aromatic N) is 4. The molecule has 0 unspecified atom stereocenters. The van der Waals surface area contributed by atoms with E-state index < -0.39 is 5.91 Å². The van der Waals surface area contributed by atoms with Crippen LogP contribution >= 0.6 is 22.9 Å². The molecule has 0 aliphatic carbocycles. The summed E-state index contributed by atoms with van der Waals surface area (Å²) in [5, 5.41) is 11.2. The van der Waals surface area contributed by atoms with E-state index in [1.807, 2.05) is 4.90 Å². The number of anilines is 1. The lowest BCUT2D eigenvalue weighted by molar-refractivity contribution is -0.141. The van der Waals surface area contributed by atoms with Gasteiger partial charge in [0.2, 0.25) is 15.9 Å². The second-order valence-corrected chi connectivity index (χ2v) is 8.82. The Bertz CT molecular complexity index is 978. The van der Waals surface area contributed by atoms with Gasteiger partial charge in [-0.2, -0.15) is 0 Å². The Balaban J connectivity index is 1.38.